The number of rotatable bonds is 4. The average Bonchev–Trinajstić information content (AvgIpc) is 2.16. The molecular weight excluding hydrogens is 206 g/mol. The molecule has 0 aromatic carbocycles. The molecule has 1 heterocycles. The van der Waals surface area contributed by atoms with Crippen molar-refractivity contribution in [2.24, 2.45) is 11.3 Å². The van der Waals surface area contributed by atoms with Gasteiger partial charge in [-0.1, -0.05) is 20.8 Å². The fraction of sp³-hybridized carbons (Fsp3) is 0.917. The highest BCUT2D eigenvalue weighted by molar-refractivity contribution is 5.67. The molecule has 1 atom stereocenters. The van der Waals surface area contributed by atoms with Gasteiger partial charge in [-0.3, -0.25) is 9.69 Å². The first-order valence-electron chi connectivity index (χ1n) is 5.91. The largest absolute Gasteiger partial charge is 0.481 e. The monoisotopic (exact) mass is 229 g/mol. The molecule has 0 bridgehead atoms. The molecule has 1 saturated heterocycles. The molecule has 1 aliphatic heterocycles. The Balaban J connectivity index is 2.51. The lowest BCUT2D eigenvalue weighted by molar-refractivity contribution is -0.139. The molecule has 4 nitrogen and oxygen atoms in total. The maximum atomic E-state index is 10.9. The minimum Gasteiger partial charge on any atom is -0.481 e. The van der Waals surface area contributed by atoms with Crippen molar-refractivity contribution >= 4 is 5.97 Å². The summed E-state index contributed by atoms with van der Waals surface area (Å²) in [6, 6.07) is 0. The van der Waals surface area contributed by atoms with Crippen LogP contribution in [0.3, 0.4) is 0 Å². The van der Waals surface area contributed by atoms with E-state index in [-0.39, 0.29) is 17.8 Å². The second kappa shape index (κ2) is 5.64. The molecule has 1 fully saturated rings. The zero-order valence-corrected chi connectivity index (χ0v) is 10.5. The topological polar surface area (TPSA) is 49.8 Å². The second-order valence-electron chi connectivity index (χ2n) is 5.57. The van der Waals surface area contributed by atoms with Gasteiger partial charge >= 0.3 is 5.97 Å². The predicted octanol–water partition coefficient (Wildman–Crippen LogP) is 1.46. The van der Waals surface area contributed by atoms with Crippen LogP contribution >= 0.6 is 0 Å². The lowest BCUT2D eigenvalue weighted by atomic mass is 9.78. The van der Waals surface area contributed by atoms with Gasteiger partial charge in [0.2, 0.25) is 0 Å². The molecule has 4 heteroatoms. The first kappa shape index (κ1) is 13.5. The van der Waals surface area contributed by atoms with Gasteiger partial charge in [-0.15, -0.1) is 0 Å². The van der Waals surface area contributed by atoms with E-state index in [1.807, 2.05) is 0 Å². The lowest BCUT2D eigenvalue weighted by Crippen LogP contribution is -2.42. The third kappa shape index (κ3) is 4.49. The normalized spacial score (nSPS) is 20.7. The summed E-state index contributed by atoms with van der Waals surface area (Å²) in [5.74, 6) is -0.503. The molecule has 1 unspecified atom stereocenters. The highest BCUT2D eigenvalue weighted by atomic mass is 16.5. The van der Waals surface area contributed by atoms with Crippen LogP contribution in [0, 0.1) is 11.3 Å². The van der Waals surface area contributed by atoms with E-state index < -0.39 is 5.97 Å². The fourth-order valence-corrected chi connectivity index (χ4v) is 1.95. The second-order valence-corrected chi connectivity index (χ2v) is 5.57. The van der Waals surface area contributed by atoms with Crippen LogP contribution in [0.15, 0.2) is 0 Å². The van der Waals surface area contributed by atoms with Gasteiger partial charge in [-0.2, -0.15) is 0 Å². The van der Waals surface area contributed by atoms with Crippen molar-refractivity contribution in [3.63, 3.8) is 0 Å². The number of carboxylic acid groups (broad SMARTS) is 1. The molecule has 0 aromatic heterocycles. The van der Waals surface area contributed by atoms with Crippen LogP contribution in [0.5, 0.6) is 0 Å². The molecule has 1 aliphatic rings. The molecule has 0 radical (unpaired) electrons. The van der Waals surface area contributed by atoms with Crippen molar-refractivity contribution in [1.82, 2.24) is 4.90 Å². The maximum Gasteiger partial charge on any atom is 0.303 e. The van der Waals surface area contributed by atoms with Gasteiger partial charge in [-0.25, -0.2) is 0 Å². The van der Waals surface area contributed by atoms with Crippen LogP contribution in [-0.4, -0.2) is 48.8 Å². The van der Waals surface area contributed by atoms with Crippen molar-refractivity contribution in [3.8, 4) is 0 Å². The van der Waals surface area contributed by atoms with E-state index in [0.29, 0.717) is 0 Å². The summed E-state index contributed by atoms with van der Waals surface area (Å²) >= 11 is 0. The summed E-state index contributed by atoms with van der Waals surface area (Å²) in [6.45, 7) is 10.6. The number of carboxylic acids is 1. The Kier molecular flexibility index (Phi) is 4.74. The first-order chi connectivity index (χ1) is 7.39. The van der Waals surface area contributed by atoms with E-state index in [4.69, 9.17) is 9.84 Å². The van der Waals surface area contributed by atoms with Gasteiger partial charge in [0.05, 0.1) is 13.2 Å². The molecular formula is C12H23NO3. The lowest BCUT2D eigenvalue weighted by Gasteiger charge is -2.36. The molecule has 0 aliphatic carbocycles. The Morgan fingerprint density at radius 2 is 1.94 bits per heavy atom. The number of aliphatic carboxylic acids is 1. The average molecular weight is 229 g/mol. The van der Waals surface area contributed by atoms with Crippen LogP contribution in [0.1, 0.15) is 27.2 Å². The van der Waals surface area contributed by atoms with Crippen LogP contribution in [0.4, 0.5) is 0 Å². The molecule has 1 rings (SSSR count). The smallest absolute Gasteiger partial charge is 0.303 e. The molecule has 16 heavy (non-hydrogen) atoms. The van der Waals surface area contributed by atoms with Gasteiger partial charge < -0.3 is 9.84 Å². The van der Waals surface area contributed by atoms with E-state index in [1.54, 1.807) is 0 Å². The Labute approximate surface area is 97.6 Å². The van der Waals surface area contributed by atoms with Crippen molar-refractivity contribution in [2.45, 2.75) is 27.2 Å². The van der Waals surface area contributed by atoms with E-state index in [0.717, 1.165) is 32.8 Å². The zero-order valence-electron chi connectivity index (χ0n) is 10.5. The minimum atomic E-state index is -0.701. The van der Waals surface area contributed by atoms with E-state index >= 15 is 0 Å². The number of nitrogens with zero attached hydrogens (tertiary/aromatic N) is 1. The number of carbonyl (C=O) groups is 1. The summed E-state index contributed by atoms with van der Waals surface area (Å²) < 4.78 is 5.29. The summed E-state index contributed by atoms with van der Waals surface area (Å²) in [5.41, 5.74) is 0.0384. The molecule has 94 valence electrons. The quantitative estimate of drug-likeness (QED) is 0.793. The van der Waals surface area contributed by atoms with Crippen molar-refractivity contribution in [1.29, 1.82) is 0 Å². The van der Waals surface area contributed by atoms with E-state index in [2.05, 4.69) is 25.7 Å². The summed E-state index contributed by atoms with van der Waals surface area (Å²) in [5, 5.41) is 8.93. The first-order valence-corrected chi connectivity index (χ1v) is 5.91. The Hall–Kier alpha value is -0.610. The maximum absolute atomic E-state index is 10.9. The van der Waals surface area contributed by atoms with Gasteiger partial charge in [0.25, 0.3) is 0 Å². The molecule has 0 amide bonds. The fourth-order valence-electron chi connectivity index (χ4n) is 1.95. The van der Waals surface area contributed by atoms with Gasteiger partial charge in [0.1, 0.15) is 0 Å². The Morgan fingerprint density at radius 3 is 2.38 bits per heavy atom. The number of ether oxygens (including phenoxy) is 1. The Bertz CT molecular complexity index is 229. The summed E-state index contributed by atoms with van der Waals surface area (Å²) in [7, 11) is 0. The predicted molar refractivity (Wildman–Crippen MR) is 62.5 cm³/mol. The summed E-state index contributed by atoms with van der Waals surface area (Å²) in [4.78, 5) is 13.2. The van der Waals surface area contributed by atoms with E-state index in [1.165, 1.54) is 0 Å². The molecule has 0 saturated carbocycles. The standard InChI is InChI=1S/C12H23NO3/c1-12(2,3)10(8-11(14)15)9-13-4-6-16-7-5-13/h10H,4-9H2,1-3H3,(H,14,15). The van der Waals surface area contributed by atoms with Crippen LogP contribution in [0.2, 0.25) is 0 Å². The van der Waals surface area contributed by atoms with Gasteiger partial charge in [-0.05, 0) is 11.3 Å². The van der Waals surface area contributed by atoms with Crippen LogP contribution < -0.4 is 0 Å². The zero-order chi connectivity index (χ0) is 12.2. The van der Waals surface area contributed by atoms with Crippen LogP contribution in [0.25, 0.3) is 0 Å². The SMILES string of the molecule is CC(C)(C)C(CC(=O)O)CN1CCOCC1. The van der Waals surface area contributed by atoms with Crippen molar-refractivity contribution < 1.29 is 14.6 Å². The number of hydrogen-bond acceptors (Lipinski definition) is 3. The van der Waals surface area contributed by atoms with Crippen molar-refractivity contribution in [2.75, 3.05) is 32.8 Å². The van der Waals surface area contributed by atoms with Crippen LogP contribution in [-0.2, 0) is 9.53 Å². The molecule has 1 N–H and O–H groups in total. The highest BCUT2D eigenvalue weighted by Gasteiger charge is 2.29. The highest BCUT2D eigenvalue weighted by Crippen LogP contribution is 2.29. The summed E-state index contributed by atoms with van der Waals surface area (Å²) in [6.07, 6.45) is 0.251. The third-order valence-corrected chi connectivity index (χ3v) is 3.23. The van der Waals surface area contributed by atoms with Crippen molar-refractivity contribution in [3.05, 3.63) is 0 Å². The molecule has 0 aromatic rings. The minimum absolute atomic E-state index is 0.0384. The van der Waals surface area contributed by atoms with Gasteiger partial charge in [0.15, 0.2) is 0 Å². The van der Waals surface area contributed by atoms with E-state index in [9.17, 15) is 4.79 Å². The van der Waals surface area contributed by atoms with Gasteiger partial charge in [0, 0.05) is 26.1 Å². The number of hydrogen-bond donors (Lipinski definition) is 1. The number of morpholine rings is 1. The third-order valence-electron chi connectivity index (χ3n) is 3.23. The molecule has 0 spiro atoms. The Morgan fingerprint density at radius 1 is 1.38 bits per heavy atom.